The second kappa shape index (κ2) is 3.79. The monoisotopic (exact) mass is 185 g/mol. The van der Waals surface area contributed by atoms with E-state index < -0.39 is 0 Å². The summed E-state index contributed by atoms with van der Waals surface area (Å²) in [5.74, 6) is 0.241. The summed E-state index contributed by atoms with van der Waals surface area (Å²) in [6, 6.07) is 13.3. The van der Waals surface area contributed by atoms with Crippen molar-refractivity contribution in [3.63, 3.8) is 0 Å². The van der Waals surface area contributed by atoms with Gasteiger partial charge < -0.3 is 10.1 Å². The maximum atomic E-state index is 9.07. The van der Waals surface area contributed by atoms with Crippen LogP contribution in [0.15, 0.2) is 47.6 Å². The Balaban J connectivity index is 2.39. The van der Waals surface area contributed by atoms with E-state index >= 15 is 0 Å². The number of rotatable bonds is 1. The van der Waals surface area contributed by atoms with Gasteiger partial charge in [-0.05, 0) is 36.4 Å². The summed E-state index contributed by atoms with van der Waals surface area (Å²) in [6.45, 7) is 0. The first-order valence-electron chi connectivity index (χ1n) is 4.24. The standard InChI is InChI=1S/C11H9N2O/c14-10-6-4-9(5-7-10)13-11-3-1-2-8-12-11/h1-2,4-8,14H,(H,12,13). The molecule has 0 saturated carbocycles. The summed E-state index contributed by atoms with van der Waals surface area (Å²) in [6.07, 6.45) is 1.79. The molecule has 0 atom stereocenters. The van der Waals surface area contributed by atoms with Crippen LogP contribution < -0.4 is 5.49 Å². The Morgan fingerprint density at radius 2 is 2.00 bits per heavy atom. The zero-order valence-corrected chi connectivity index (χ0v) is 7.44. The summed E-state index contributed by atoms with van der Waals surface area (Å²) >= 11 is 0. The summed E-state index contributed by atoms with van der Waals surface area (Å²) in [7, 11) is 0. The molecule has 2 aromatic rings. The minimum Gasteiger partial charge on any atom is -0.508 e. The van der Waals surface area contributed by atoms with Crippen LogP contribution in [-0.2, 0) is 0 Å². The number of hydrogen-bond donors (Lipinski definition) is 2. The van der Waals surface area contributed by atoms with Crippen LogP contribution in [0.3, 0.4) is 0 Å². The van der Waals surface area contributed by atoms with Crippen LogP contribution in [0.2, 0.25) is 0 Å². The smallest absolute Gasteiger partial charge is 0.138 e. The molecule has 69 valence electrons. The van der Waals surface area contributed by atoms with Gasteiger partial charge in [-0.3, -0.25) is 0 Å². The highest BCUT2D eigenvalue weighted by molar-refractivity contribution is 5.40. The van der Waals surface area contributed by atoms with Crippen molar-refractivity contribution in [2.24, 2.45) is 4.99 Å². The van der Waals surface area contributed by atoms with Gasteiger partial charge in [-0.25, -0.2) is 4.99 Å². The van der Waals surface area contributed by atoms with E-state index in [2.05, 4.69) is 16.0 Å². The second-order valence-electron chi connectivity index (χ2n) is 2.79. The summed E-state index contributed by atoms with van der Waals surface area (Å²) in [5.41, 5.74) is 1.44. The Hall–Kier alpha value is -2.03. The zero-order valence-electron chi connectivity index (χ0n) is 7.44. The number of aromatic hydroxyl groups is 1. The van der Waals surface area contributed by atoms with Crippen LogP contribution in [0.5, 0.6) is 5.75 Å². The maximum absolute atomic E-state index is 9.07. The molecule has 0 aliphatic heterocycles. The quantitative estimate of drug-likeness (QED) is 0.698. The molecule has 3 heteroatoms. The average molecular weight is 185 g/mol. The predicted octanol–water partition coefficient (Wildman–Crippen LogP) is 1.75. The van der Waals surface area contributed by atoms with Gasteiger partial charge in [0.2, 0.25) is 0 Å². The number of phenols is 1. The third-order valence-corrected chi connectivity index (χ3v) is 1.72. The third-order valence-electron chi connectivity index (χ3n) is 1.72. The highest BCUT2D eigenvalue weighted by Crippen LogP contribution is 2.15. The van der Waals surface area contributed by atoms with Gasteiger partial charge in [0, 0.05) is 12.3 Å². The number of nitrogens with zero attached hydrogens (tertiary/aromatic N) is 1. The fourth-order valence-corrected chi connectivity index (χ4v) is 1.06. The number of aromatic amines is 1. The van der Waals surface area contributed by atoms with Gasteiger partial charge in [0.1, 0.15) is 11.2 Å². The molecule has 0 aliphatic carbocycles. The number of pyridine rings is 1. The normalized spacial score (nSPS) is 11.6. The lowest BCUT2D eigenvalue weighted by molar-refractivity contribution is 0.475. The molecule has 1 aromatic carbocycles. The number of H-pyrrole nitrogens is 1. The van der Waals surface area contributed by atoms with Crippen molar-refractivity contribution < 1.29 is 5.11 Å². The molecule has 0 amide bonds. The molecule has 1 radical (unpaired) electrons. The van der Waals surface area contributed by atoms with Gasteiger partial charge in [-0.15, -0.1) is 0 Å². The zero-order chi connectivity index (χ0) is 9.80. The molecule has 0 bridgehead atoms. The second-order valence-corrected chi connectivity index (χ2v) is 2.79. The van der Waals surface area contributed by atoms with Crippen molar-refractivity contribution in [2.45, 2.75) is 0 Å². The van der Waals surface area contributed by atoms with E-state index in [0.29, 0.717) is 5.49 Å². The molecular weight excluding hydrogens is 176 g/mol. The van der Waals surface area contributed by atoms with Crippen molar-refractivity contribution >= 4 is 5.69 Å². The van der Waals surface area contributed by atoms with Crippen molar-refractivity contribution in [1.29, 1.82) is 0 Å². The number of hydrogen-bond acceptors (Lipinski definition) is 2. The number of nitrogens with one attached hydrogen (secondary N) is 1. The first kappa shape index (κ1) is 8.56. The van der Waals surface area contributed by atoms with E-state index in [1.165, 1.54) is 0 Å². The minimum absolute atomic E-state index is 0.241. The Morgan fingerprint density at radius 3 is 2.64 bits per heavy atom. The van der Waals surface area contributed by atoms with E-state index in [-0.39, 0.29) is 5.75 Å². The summed E-state index contributed by atoms with van der Waals surface area (Å²) in [4.78, 5) is 7.21. The number of aromatic nitrogens is 1. The molecule has 0 fully saturated rings. The lowest BCUT2D eigenvalue weighted by Crippen LogP contribution is -2.03. The first-order valence-corrected chi connectivity index (χ1v) is 4.24. The third kappa shape index (κ3) is 2.01. The molecule has 0 aliphatic rings. The largest absolute Gasteiger partial charge is 0.508 e. The van der Waals surface area contributed by atoms with E-state index in [1.807, 2.05) is 6.07 Å². The fourth-order valence-electron chi connectivity index (χ4n) is 1.06. The Labute approximate surface area is 81.4 Å². The van der Waals surface area contributed by atoms with E-state index in [9.17, 15) is 0 Å². The van der Waals surface area contributed by atoms with E-state index in [4.69, 9.17) is 5.11 Å². The van der Waals surface area contributed by atoms with Crippen molar-refractivity contribution in [3.05, 3.63) is 54.1 Å². The van der Waals surface area contributed by atoms with Gasteiger partial charge in [0.15, 0.2) is 0 Å². The van der Waals surface area contributed by atoms with Gasteiger partial charge >= 0.3 is 0 Å². The Kier molecular flexibility index (Phi) is 2.32. The van der Waals surface area contributed by atoms with E-state index in [0.717, 1.165) is 5.69 Å². The molecule has 0 unspecified atom stereocenters. The topological polar surface area (TPSA) is 48.4 Å². The maximum Gasteiger partial charge on any atom is 0.138 e. The molecule has 0 spiro atoms. The van der Waals surface area contributed by atoms with Gasteiger partial charge in [-0.2, -0.15) is 0 Å². The fraction of sp³-hybridized carbons (Fsp3) is 0. The average Bonchev–Trinajstić information content (AvgIpc) is 2.23. The molecule has 2 N–H and O–H groups in total. The lowest BCUT2D eigenvalue weighted by Gasteiger charge is -1.93. The molecular formula is C11H9N2O. The lowest BCUT2D eigenvalue weighted by atomic mass is 10.3. The van der Waals surface area contributed by atoms with Gasteiger partial charge in [0.05, 0.1) is 5.69 Å². The predicted molar refractivity (Wildman–Crippen MR) is 53.0 cm³/mol. The molecule has 1 aromatic heterocycles. The highest BCUT2D eigenvalue weighted by Gasteiger charge is 1.88. The van der Waals surface area contributed by atoms with Crippen LogP contribution in [0.4, 0.5) is 5.69 Å². The summed E-state index contributed by atoms with van der Waals surface area (Å²) < 4.78 is 0. The Morgan fingerprint density at radius 1 is 1.21 bits per heavy atom. The van der Waals surface area contributed by atoms with Crippen LogP contribution in [-0.4, -0.2) is 10.1 Å². The van der Waals surface area contributed by atoms with Crippen LogP contribution in [0.25, 0.3) is 0 Å². The molecule has 1 heterocycles. The van der Waals surface area contributed by atoms with Crippen LogP contribution in [0, 0.1) is 6.07 Å². The molecule has 0 saturated heterocycles. The van der Waals surface area contributed by atoms with Crippen LogP contribution in [0.1, 0.15) is 0 Å². The van der Waals surface area contributed by atoms with Crippen LogP contribution >= 0.6 is 0 Å². The summed E-state index contributed by atoms with van der Waals surface area (Å²) in [5, 5.41) is 9.07. The van der Waals surface area contributed by atoms with Crippen molar-refractivity contribution in [3.8, 4) is 5.75 Å². The van der Waals surface area contributed by atoms with E-state index in [1.54, 1.807) is 36.5 Å². The van der Waals surface area contributed by atoms with Gasteiger partial charge in [-0.1, -0.05) is 0 Å². The molecule has 3 nitrogen and oxygen atoms in total. The highest BCUT2D eigenvalue weighted by atomic mass is 16.3. The van der Waals surface area contributed by atoms with Gasteiger partial charge in [0.25, 0.3) is 0 Å². The van der Waals surface area contributed by atoms with Crippen molar-refractivity contribution in [2.75, 3.05) is 0 Å². The van der Waals surface area contributed by atoms with Crippen molar-refractivity contribution in [1.82, 2.24) is 4.98 Å². The minimum atomic E-state index is 0.241. The first-order chi connectivity index (χ1) is 6.84. The number of phenolic OH excluding ortho intramolecular Hbond substituents is 1. The Bertz CT molecular complexity index is 454. The molecule has 14 heavy (non-hydrogen) atoms. The molecule has 2 rings (SSSR count). The number of benzene rings is 1. The SMILES string of the molecule is Oc1ccc(/N=c2/[c]ccc[nH]2)cc1.